The van der Waals surface area contributed by atoms with Gasteiger partial charge in [0.15, 0.2) is 0 Å². The molecular weight excluding hydrogens is 246 g/mol. The quantitative estimate of drug-likeness (QED) is 0.865. The Labute approximate surface area is 120 Å². The van der Waals surface area contributed by atoms with Crippen molar-refractivity contribution in [2.75, 3.05) is 13.6 Å². The molecule has 3 nitrogen and oxygen atoms in total. The Morgan fingerprint density at radius 1 is 1.20 bits per heavy atom. The summed E-state index contributed by atoms with van der Waals surface area (Å²) < 4.78 is 0. The molecule has 1 aliphatic heterocycles. The number of aryl methyl sites for hydroxylation is 1. The van der Waals surface area contributed by atoms with Crippen LogP contribution in [0, 0.1) is 6.92 Å². The molecule has 1 aromatic carbocycles. The third-order valence-electron chi connectivity index (χ3n) is 4.37. The van der Waals surface area contributed by atoms with E-state index in [9.17, 15) is 0 Å². The van der Waals surface area contributed by atoms with Gasteiger partial charge >= 0.3 is 0 Å². The molecular formula is C17H23N3. The molecule has 0 bridgehead atoms. The Balaban J connectivity index is 2.01. The lowest BCUT2D eigenvalue weighted by atomic mass is 9.95. The topological polar surface area (TPSA) is 42.1 Å². The Kier molecular flexibility index (Phi) is 3.72. The first kappa shape index (κ1) is 13.5. The Morgan fingerprint density at radius 2 is 2.05 bits per heavy atom. The van der Waals surface area contributed by atoms with E-state index in [1.165, 1.54) is 23.8 Å². The molecule has 0 spiro atoms. The fourth-order valence-electron chi connectivity index (χ4n) is 3.30. The third-order valence-corrected chi connectivity index (χ3v) is 4.37. The number of hydrogen-bond donors (Lipinski definition) is 1. The van der Waals surface area contributed by atoms with Gasteiger partial charge in [0.05, 0.1) is 5.52 Å². The minimum atomic E-state index is 0.221. The maximum absolute atomic E-state index is 6.41. The van der Waals surface area contributed by atoms with Crippen LogP contribution in [0.2, 0.25) is 0 Å². The fraction of sp³-hybridized carbons (Fsp3) is 0.471. The van der Waals surface area contributed by atoms with Gasteiger partial charge in [0.25, 0.3) is 0 Å². The van der Waals surface area contributed by atoms with Crippen LogP contribution in [0.5, 0.6) is 0 Å². The lowest BCUT2D eigenvalue weighted by molar-refractivity contribution is 0.230. The van der Waals surface area contributed by atoms with E-state index in [1.54, 1.807) is 0 Å². The van der Waals surface area contributed by atoms with Crippen LogP contribution in [0.25, 0.3) is 10.9 Å². The Hall–Kier alpha value is -1.45. The Bertz CT molecular complexity index is 596. The van der Waals surface area contributed by atoms with Crippen LogP contribution in [0.3, 0.4) is 0 Å². The summed E-state index contributed by atoms with van der Waals surface area (Å²) >= 11 is 0. The average Bonchev–Trinajstić information content (AvgIpc) is 2.59. The van der Waals surface area contributed by atoms with E-state index in [4.69, 9.17) is 5.73 Å². The lowest BCUT2D eigenvalue weighted by Crippen LogP contribution is -2.37. The standard InChI is InChI=1S/C17H23N3/c1-12-6-7-13-11-14(8-9-16(13)19-12)17-15(18)5-3-4-10-20(17)2/h6-9,11,15,17H,3-5,10,18H2,1-2H3. The van der Waals surface area contributed by atoms with Crippen LogP contribution in [0.4, 0.5) is 0 Å². The SMILES string of the molecule is Cc1ccc2cc(C3C(N)CCCCN3C)ccc2n1. The largest absolute Gasteiger partial charge is 0.326 e. The summed E-state index contributed by atoms with van der Waals surface area (Å²) in [4.78, 5) is 6.98. The second-order valence-corrected chi connectivity index (χ2v) is 5.99. The number of likely N-dealkylation sites (N-methyl/N-ethyl adjacent to an activating group) is 1. The van der Waals surface area contributed by atoms with Crippen LogP contribution < -0.4 is 5.73 Å². The van der Waals surface area contributed by atoms with Gasteiger partial charge in [0.1, 0.15) is 0 Å². The molecule has 0 radical (unpaired) electrons. The number of pyridine rings is 1. The predicted molar refractivity (Wildman–Crippen MR) is 83.7 cm³/mol. The minimum Gasteiger partial charge on any atom is -0.326 e. The molecule has 106 valence electrons. The van der Waals surface area contributed by atoms with E-state index in [0.29, 0.717) is 6.04 Å². The van der Waals surface area contributed by atoms with E-state index >= 15 is 0 Å². The molecule has 2 unspecified atom stereocenters. The molecule has 3 heteroatoms. The van der Waals surface area contributed by atoms with Gasteiger partial charge < -0.3 is 5.73 Å². The van der Waals surface area contributed by atoms with E-state index in [-0.39, 0.29) is 6.04 Å². The average molecular weight is 269 g/mol. The fourth-order valence-corrected chi connectivity index (χ4v) is 3.30. The molecule has 2 aromatic rings. The van der Waals surface area contributed by atoms with Gasteiger partial charge in [-0.25, -0.2) is 0 Å². The van der Waals surface area contributed by atoms with Crippen molar-refractivity contribution in [3.8, 4) is 0 Å². The highest BCUT2D eigenvalue weighted by Crippen LogP contribution is 2.29. The minimum absolute atomic E-state index is 0.221. The van der Waals surface area contributed by atoms with Gasteiger partial charge in [-0.3, -0.25) is 9.88 Å². The molecule has 2 heterocycles. The van der Waals surface area contributed by atoms with Crippen LogP contribution in [-0.4, -0.2) is 29.5 Å². The number of rotatable bonds is 1. The first-order valence-electron chi connectivity index (χ1n) is 7.48. The highest BCUT2D eigenvalue weighted by atomic mass is 15.1. The van der Waals surface area contributed by atoms with Gasteiger partial charge in [-0.1, -0.05) is 18.6 Å². The maximum atomic E-state index is 6.41. The number of likely N-dealkylation sites (tertiary alicyclic amines) is 1. The summed E-state index contributed by atoms with van der Waals surface area (Å²) in [6.45, 7) is 3.16. The molecule has 2 N–H and O–H groups in total. The molecule has 0 aliphatic carbocycles. The normalized spacial score (nSPS) is 24.8. The second-order valence-electron chi connectivity index (χ2n) is 5.99. The van der Waals surface area contributed by atoms with Gasteiger partial charge in [-0.2, -0.15) is 0 Å². The van der Waals surface area contributed by atoms with Crippen LogP contribution in [-0.2, 0) is 0 Å². The summed E-state index contributed by atoms with van der Waals surface area (Å²) in [5.74, 6) is 0. The molecule has 1 aliphatic rings. The predicted octanol–water partition coefficient (Wildman–Crippen LogP) is 3.03. The van der Waals surface area contributed by atoms with Crippen molar-refractivity contribution in [2.45, 2.75) is 38.3 Å². The van der Waals surface area contributed by atoms with Crippen molar-refractivity contribution in [2.24, 2.45) is 5.73 Å². The van der Waals surface area contributed by atoms with Crippen molar-refractivity contribution < 1.29 is 0 Å². The molecule has 0 amide bonds. The molecule has 1 saturated heterocycles. The van der Waals surface area contributed by atoms with E-state index < -0.39 is 0 Å². The number of nitrogens with zero attached hydrogens (tertiary/aromatic N) is 2. The van der Waals surface area contributed by atoms with Gasteiger partial charge in [0, 0.05) is 23.2 Å². The number of aromatic nitrogens is 1. The van der Waals surface area contributed by atoms with Crippen LogP contribution >= 0.6 is 0 Å². The zero-order valence-electron chi connectivity index (χ0n) is 12.3. The molecule has 2 atom stereocenters. The summed E-state index contributed by atoms with van der Waals surface area (Å²) in [7, 11) is 2.19. The highest BCUT2D eigenvalue weighted by Gasteiger charge is 2.26. The lowest BCUT2D eigenvalue weighted by Gasteiger charge is -2.30. The molecule has 1 aromatic heterocycles. The first-order valence-corrected chi connectivity index (χ1v) is 7.48. The smallest absolute Gasteiger partial charge is 0.0705 e. The number of hydrogen-bond acceptors (Lipinski definition) is 3. The summed E-state index contributed by atoms with van der Waals surface area (Å²) in [5.41, 5.74) is 9.86. The van der Waals surface area contributed by atoms with E-state index in [2.05, 4.69) is 47.3 Å². The first-order chi connectivity index (χ1) is 9.65. The molecule has 0 saturated carbocycles. The van der Waals surface area contributed by atoms with Crippen LogP contribution in [0.1, 0.15) is 36.6 Å². The zero-order valence-corrected chi connectivity index (χ0v) is 12.3. The number of fused-ring (bicyclic) bond motifs is 1. The van der Waals surface area contributed by atoms with Crippen LogP contribution in [0.15, 0.2) is 30.3 Å². The summed E-state index contributed by atoms with van der Waals surface area (Å²) in [6.07, 6.45) is 3.59. The van der Waals surface area contributed by atoms with Crippen molar-refractivity contribution >= 4 is 10.9 Å². The molecule has 3 rings (SSSR count). The van der Waals surface area contributed by atoms with Crippen molar-refractivity contribution in [3.63, 3.8) is 0 Å². The van der Waals surface area contributed by atoms with Crippen molar-refractivity contribution in [1.29, 1.82) is 0 Å². The zero-order chi connectivity index (χ0) is 14.1. The van der Waals surface area contributed by atoms with Crippen molar-refractivity contribution in [3.05, 3.63) is 41.6 Å². The second kappa shape index (κ2) is 5.51. The maximum Gasteiger partial charge on any atom is 0.0705 e. The van der Waals surface area contributed by atoms with Gasteiger partial charge in [-0.05, 0) is 57.1 Å². The van der Waals surface area contributed by atoms with Gasteiger partial charge in [-0.15, -0.1) is 0 Å². The summed E-state index contributed by atoms with van der Waals surface area (Å²) in [6, 6.07) is 11.4. The number of benzene rings is 1. The molecule has 1 fully saturated rings. The van der Waals surface area contributed by atoms with Gasteiger partial charge in [0.2, 0.25) is 0 Å². The Morgan fingerprint density at radius 3 is 2.90 bits per heavy atom. The van der Waals surface area contributed by atoms with E-state index in [0.717, 1.165) is 24.2 Å². The summed E-state index contributed by atoms with van der Waals surface area (Å²) in [5, 5.41) is 1.21. The van der Waals surface area contributed by atoms with Crippen molar-refractivity contribution in [1.82, 2.24) is 9.88 Å². The molecule has 20 heavy (non-hydrogen) atoms. The highest BCUT2D eigenvalue weighted by molar-refractivity contribution is 5.79. The monoisotopic (exact) mass is 269 g/mol. The third kappa shape index (κ3) is 2.56. The number of nitrogens with two attached hydrogens (primary N) is 1. The van der Waals surface area contributed by atoms with E-state index in [1.807, 2.05) is 6.92 Å².